The molecule has 0 aromatic carbocycles. The van der Waals surface area contributed by atoms with Crippen molar-refractivity contribution in [3.05, 3.63) is 12.3 Å². The SMILES string of the molecule is CSC1CCC(Nc2nccc(N)n2)C1. The number of hydrogen-bond donors (Lipinski definition) is 2. The molecule has 1 aromatic heterocycles. The average molecular weight is 224 g/mol. The third-order valence-corrected chi connectivity index (χ3v) is 3.82. The van der Waals surface area contributed by atoms with E-state index in [1.165, 1.54) is 19.3 Å². The van der Waals surface area contributed by atoms with Crippen LogP contribution in [0, 0.1) is 0 Å². The molecular weight excluding hydrogens is 208 g/mol. The number of hydrogen-bond acceptors (Lipinski definition) is 5. The smallest absolute Gasteiger partial charge is 0.224 e. The Kier molecular flexibility index (Phi) is 3.30. The fourth-order valence-corrected chi connectivity index (χ4v) is 2.71. The van der Waals surface area contributed by atoms with Crippen molar-refractivity contribution in [2.45, 2.75) is 30.6 Å². The molecule has 1 aliphatic rings. The van der Waals surface area contributed by atoms with Gasteiger partial charge >= 0.3 is 0 Å². The molecule has 0 spiro atoms. The monoisotopic (exact) mass is 224 g/mol. The molecule has 1 heterocycles. The fourth-order valence-electron chi connectivity index (χ4n) is 1.91. The largest absolute Gasteiger partial charge is 0.384 e. The van der Waals surface area contributed by atoms with Gasteiger partial charge in [0.2, 0.25) is 5.95 Å². The number of nitrogens with one attached hydrogen (secondary N) is 1. The first kappa shape index (κ1) is 10.5. The molecule has 1 aromatic rings. The van der Waals surface area contributed by atoms with E-state index in [1.54, 1.807) is 12.3 Å². The number of nitrogens with two attached hydrogens (primary N) is 1. The van der Waals surface area contributed by atoms with E-state index in [4.69, 9.17) is 5.73 Å². The zero-order valence-corrected chi connectivity index (χ0v) is 9.63. The van der Waals surface area contributed by atoms with Gasteiger partial charge in [-0.3, -0.25) is 0 Å². The highest BCUT2D eigenvalue weighted by atomic mass is 32.2. The zero-order valence-electron chi connectivity index (χ0n) is 8.81. The summed E-state index contributed by atoms with van der Waals surface area (Å²) in [7, 11) is 0. The third kappa shape index (κ3) is 2.75. The van der Waals surface area contributed by atoms with Crippen LogP contribution in [0.4, 0.5) is 11.8 Å². The fraction of sp³-hybridized carbons (Fsp3) is 0.600. The predicted octanol–water partition coefficient (Wildman–Crippen LogP) is 1.75. The van der Waals surface area contributed by atoms with E-state index in [0.29, 0.717) is 17.8 Å². The number of aromatic nitrogens is 2. The van der Waals surface area contributed by atoms with E-state index in [0.717, 1.165) is 5.25 Å². The van der Waals surface area contributed by atoms with Crippen LogP contribution in [0.3, 0.4) is 0 Å². The van der Waals surface area contributed by atoms with Crippen molar-refractivity contribution >= 4 is 23.5 Å². The summed E-state index contributed by atoms with van der Waals surface area (Å²) < 4.78 is 0. The van der Waals surface area contributed by atoms with Crippen molar-refractivity contribution in [2.75, 3.05) is 17.3 Å². The minimum Gasteiger partial charge on any atom is -0.384 e. The Morgan fingerprint density at radius 3 is 3.07 bits per heavy atom. The normalized spacial score (nSPS) is 25.4. The van der Waals surface area contributed by atoms with Gasteiger partial charge in [0.05, 0.1) is 0 Å². The first-order chi connectivity index (χ1) is 7.28. The molecule has 0 bridgehead atoms. The maximum absolute atomic E-state index is 5.59. The second-order valence-corrected chi connectivity index (χ2v) is 4.96. The standard InChI is InChI=1S/C10H16N4S/c1-15-8-3-2-7(6-8)13-10-12-5-4-9(11)14-10/h4-5,7-8H,2-3,6H2,1H3,(H3,11,12,13,14). The Bertz CT molecular complexity index is 331. The minimum atomic E-state index is 0.504. The summed E-state index contributed by atoms with van der Waals surface area (Å²) in [6.45, 7) is 0. The van der Waals surface area contributed by atoms with Crippen LogP contribution < -0.4 is 11.1 Å². The second kappa shape index (κ2) is 4.70. The predicted molar refractivity (Wildman–Crippen MR) is 65.0 cm³/mol. The van der Waals surface area contributed by atoms with Crippen LogP contribution in [-0.2, 0) is 0 Å². The maximum Gasteiger partial charge on any atom is 0.224 e. The van der Waals surface area contributed by atoms with Gasteiger partial charge in [0.1, 0.15) is 5.82 Å². The molecule has 0 saturated heterocycles. The summed E-state index contributed by atoms with van der Waals surface area (Å²) in [4.78, 5) is 8.28. The highest BCUT2D eigenvalue weighted by molar-refractivity contribution is 7.99. The molecule has 1 aliphatic carbocycles. The number of rotatable bonds is 3. The number of nitrogen functional groups attached to an aromatic ring is 1. The van der Waals surface area contributed by atoms with E-state index >= 15 is 0 Å². The highest BCUT2D eigenvalue weighted by Crippen LogP contribution is 2.29. The Morgan fingerprint density at radius 1 is 1.53 bits per heavy atom. The Labute approximate surface area is 94.1 Å². The molecule has 2 unspecified atom stereocenters. The van der Waals surface area contributed by atoms with Gasteiger partial charge in [-0.05, 0) is 31.6 Å². The van der Waals surface area contributed by atoms with Gasteiger partial charge in [0.25, 0.3) is 0 Å². The van der Waals surface area contributed by atoms with Crippen LogP contribution in [0.15, 0.2) is 12.3 Å². The summed E-state index contributed by atoms with van der Waals surface area (Å²) in [6.07, 6.45) is 7.53. The molecule has 5 heteroatoms. The maximum atomic E-state index is 5.59. The number of anilines is 2. The Balaban J connectivity index is 1.92. The van der Waals surface area contributed by atoms with Gasteiger partial charge in [0, 0.05) is 17.5 Å². The van der Waals surface area contributed by atoms with E-state index in [9.17, 15) is 0 Å². The van der Waals surface area contributed by atoms with Crippen LogP contribution in [0.2, 0.25) is 0 Å². The number of thioether (sulfide) groups is 1. The Hall–Kier alpha value is -0.970. The van der Waals surface area contributed by atoms with Crippen LogP contribution in [0.25, 0.3) is 0 Å². The molecular formula is C10H16N4S. The summed E-state index contributed by atoms with van der Waals surface area (Å²) in [5.41, 5.74) is 5.59. The van der Waals surface area contributed by atoms with E-state index in [2.05, 4.69) is 21.5 Å². The van der Waals surface area contributed by atoms with Crippen molar-refractivity contribution in [1.82, 2.24) is 9.97 Å². The molecule has 0 radical (unpaired) electrons. The molecule has 2 rings (SSSR count). The zero-order chi connectivity index (χ0) is 10.7. The summed E-state index contributed by atoms with van der Waals surface area (Å²) in [6, 6.07) is 2.20. The molecule has 0 amide bonds. The van der Waals surface area contributed by atoms with Crippen molar-refractivity contribution < 1.29 is 0 Å². The van der Waals surface area contributed by atoms with E-state index in [-0.39, 0.29) is 0 Å². The first-order valence-electron chi connectivity index (χ1n) is 5.16. The van der Waals surface area contributed by atoms with Crippen LogP contribution in [0.5, 0.6) is 0 Å². The lowest BCUT2D eigenvalue weighted by atomic mass is 10.2. The topological polar surface area (TPSA) is 63.8 Å². The van der Waals surface area contributed by atoms with Crippen molar-refractivity contribution in [2.24, 2.45) is 0 Å². The van der Waals surface area contributed by atoms with E-state index < -0.39 is 0 Å². The third-order valence-electron chi connectivity index (χ3n) is 2.73. The molecule has 3 N–H and O–H groups in total. The van der Waals surface area contributed by atoms with Gasteiger partial charge in [-0.15, -0.1) is 0 Å². The molecule has 0 aliphatic heterocycles. The molecule has 2 atom stereocenters. The first-order valence-corrected chi connectivity index (χ1v) is 6.44. The quantitative estimate of drug-likeness (QED) is 0.819. The van der Waals surface area contributed by atoms with Crippen LogP contribution >= 0.6 is 11.8 Å². The van der Waals surface area contributed by atoms with Gasteiger partial charge in [-0.1, -0.05) is 0 Å². The minimum absolute atomic E-state index is 0.504. The molecule has 15 heavy (non-hydrogen) atoms. The molecule has 82 valence electrons. The molecule has 1 fully saturated rings. The Morgan fingerprint density at radius 2 is 2.40 bits per heavy atom. The van der Waals surface area contributed by atoms with Crippen LogP contribution in [-0.4, -0.2) is 27.5 Å². The lowest BCUT2D eigenvalue weighted by Crippen LogP contribution is -2.18. The second-order valence-electron chi connectivity index (χ2n) is 3.82. The van der Waals surface area contributed by atoms with Crippen molar-refractivity contribution in [3.63, 3.8) is 0 Å². The van der Waals surface area contributed by atoms with Crippen molar-refractivity contribution in [1.29, 1.82) is 0 Å². The average Bonchev–Trinajstić information content (AvgIpc) is 2.65. The van der Waals surface area contributed by atoms with E-state index in [1.807, 2.05) is 11.8 Å². The van der Waals surface area contributed by atoms with Gasteiger partial charge in [-0.25, -0.2) is 4.98 Å². The van der Waals surface area contributed by atoms with Gasteiger partial charge < -0.3 is 11.1 Å². The number of nitrogens with zero attached hydrogens (tertiary/aromatic N) is 2. The summed E-state index contributed by atoms with van der Waals surface area (Å²) in [5, 5.41) is 4.11. The van der Waals surface area contributed by atoms with Crippen LogP contribution in [0.1, 0.15) is 19.3 Å². The molecule has 4 nitrogen and oxygen atoms in total. The lowest BCUT2D eigenvalue weighted by molar-refractivity contribution is 0.746. The van der Waals surface area contributed by atoms with Gasteiger partial charge in [-0.2, -0.15) is 16.7 Å². The summed E-state index contributed by atoms with van der Waals surface area (Å²) >= 11 is 1.94. The highest BCUT2D eigenvalue weighted by Gasteiger charge is 2.24. The summed E-state index contributed by atoms with van der Waals surface area (Å²) in [5.74, 6) is 1.17. The lowest BCUT2D eigenvalue weighted by Gasteiger charge is -2.12. The van der Waals surface area contributed by atoms with Gasteiger partial charge in [0.15, 0.2) is 0 Å². The molecule has 1 saturated carbocycles. The van der Waals surface area contributed by atoms with Crippen molar-refractivity contribution in [3.8, 4) is 0 Å².